The molecule has 0 fully saturated rings. The van der Waals surface area contributed by atoms with Gasteiger partial charge in [-0.25, -0.2) is 4.79 Å². The minimum atomic E-state index is -1.18. The predicted molar refractivity (Wildman–Crippen MR) is 67.2 cm³/mol. The van der Waals surface area contributed by atoms with Gasteiger partial charge < -0.3 is 14.5 Å². The minimum Gasteiger partial charge on any atom is -0.475 e. The highest BCUT2D eigenvalue weighted by atomic mass is 16.5. The van der Waals surface area contributed by atoms with Gasteiger partial charge >= 0.3 is 5.97 Å². The Morgan fingerprint density at radius 3 is 2.79 bits per heavy atom. The van der Waals surface area contributed by atoms with Crippen LogP contribution < -0.4 is 0 Å². The van der Waals surface area contributed by atoms with Gasteiger partial charge in [0.15, 0.2) is 5.69 Å². The number of allylic oxidation sites excluding steroid dienone is 1. The van der Waals surface area contributed by atoms with Gasteiger partial charge in [0.25, 0.3) is 0 Å². The van der Waals surface area contributed by atoms with E-state index < -0.39 is 5.97 Å². The van der Waals surface area contributed by atoms with E-state index in [0.717, 1.165) is 6.42 Å². The van der Waals surface area contributed by atoms with Crippen molar-refractivity contribution < 1.29 is 19.2 Å². The summed E-state index contributed by atoms with van der Waals surface area (Å²) in [7, 11) is 3.67. The first-order chi connectivity index (χ1) is 8.95. The fraction of sp³-hybridized carbons (Fsp3) is 0.462. The normalized spacial score (nSPS) is 20.5. The summed E-state index contributed by atoms with van der Waals surface area (Å²) in [4.78, 5) is 25.1. The number of carboxylic acids is 1. The van der Waals surface area contributed by atoms with Crippen molar-refractivity contribution in [1.82, 2.24) is 10.1 Å². The Hall–Kier alpha value is -2.11. The molecule has 0 spiro atoms. The number of carbonyl (C=O) groups excluding carboxylic acids is 1. The molecule has 0 saturated heterocycles. The summed E-state index contributed by atoms with van der Waals surface area (Å²) in [5.74, 6) is -1.68. The van der Waals surface area contributed by atoms with Crippen LogP contribution in [0.25, 0.3) is 0 Å². The monoisotopic (exact) mass is 264 g/mol. The first-order valence-corrected chi connectivity index (χ1v) is 6.10. The molecule has 0 aliphatic heterocycles. The number of hydrogen-bond donors (Lipinski definition) is 1. The molecule has 1 aliphatic rings. The molecule has 1 atom stereocenters. The van der Waals surface area contributed by atoms with E-state index in [1.807, 2.05) is 21.0 Å². The SMILES string of the molecule is CCC1CC(=CN(C)C)C(=O)c2noc(C(=O)O)c21. The first-order valence-electron chi connectivity index (χ1n) is 6.10. The van der Waals surface area contributed by atoms with E-state index in [4.69, 9.17) is 9.63 Å². The number of aromatic nitrogens is 1. The van der Waals surface area contributed by atoms with Gasteiger partial charge in [0.05, 0.1) is 0 Å². The lowest BCUT2D eigenvalue weighted by Gasteiger charge is -2.22. The van der Waals surface area contributed by atoms with E-state index in [0.29, 0.717) is 17.6 Å². The van der Waals surface area contributed by atoms with Crippen LogP contribution in [0.1, 0.15) is 52.3 Å². The molecular formula is C13H16N2O4. The van der Waals surface area contributed by atoms with E-state index in [1.54, 1.807) is 11.1 Å². The summed E-state index contributed by atoms with van der Waals surface area (Å²) in [6.07, 6.45) is 3.00. The molecule has 1 unspecified atom stereocenters. The molecule has 0 amide bonds. The maximum absolute atomic E-state index is 12.2. The number of carboxylic acid groups (broad SMARTS) is 1. The summed E-state index contributed by atoms with van der Waals surface area (Å²) in [6.45, 7) is 1.95. The van der Waals surface area contributed by atoms with Crippen LogP contribution in [0.3, 0.4) is 0 Å². The Balaban J connectivity index is 2.54. The van der Waals surface area contributed by atoms with Crippen molar-refractivity contribution in [2.24, 2.45) is 0 Å². The highest BCUT2D eigenvalue weighted by molar-refractivity contribution is 6.10. The molecule has 0 bridgehead atoms. The second-order valence-corrected chi connectivity index (χ2v) is 4.84. The zero-order valence-electron chi connectivity index (χ0n) is 11.1. The zero-order valence-corrected chi connectivity index (χ0v) is 11.1. The number of nitrogens with zero attached hydrogens (tertiary/aromatic N) is 2. The average molecular weight is 264 g/mol. The van der Waals surface area contributed by atoms with E-state index in [-0.39, 0.29) is 23.2 Å². The number of fused-ring (bicyclic) bond motifs is 1. The minimum absolute atomic E-state index is 0.0451. The Bertz CT molecular complexity index is 557. The molecule has 1 heterocycles. The number of Topliss-reactive ketones (excluding diaryl/α,β-unsaturated/α-hetero) is 1. The van der Waals surface area contributed by atoms with Gasteiger partial charge in [-0.1, -0.05) is 12.1 Å². The van der Waals surface area contributed by atoms with Crippen molar-refractivity contribution in [3.8, 4) is 0 Å². The van der Waals surface area contributed by atoms with Crippen LogP contribution in [0.4, 0.5) is 0 Å². The molecule has 0 aromatic carbocycles. The van der Waals surface area contributed by atoms with Gasteiger partial charge in [-0.2, -0.15) is 0 Å². The third-order valence-corrected chi connectivity index (χ3v) is 3.21. The van der Waals surface area contributed by atoms with Gasteiger partial charge in [-0.3, -0.25) is 4.79 Å². The molecule has 19 heavy (non-hydrogen) atoms. The number of carbonyl (C=O) groups is 2. The first kappa shape index (κ1) is 13.3. The second kappa shape index (κ2) is 4.87. The Labute approximate surface area is 110 Å². The Kier molecular flexibility index (Phi) is 3.42. The number of ketones is 1. The van der Waals surface area contributed by atoms with Gasteiger partial charge in [-0.05, 0) is 18.8 Å². The van der Waals surface area contributed by atoms with Gasteiger partial charge in [0.2, 0.25) is 11.5 Å². The molecule has 6 heteroatoms. The smallest absolute Gasteiger partial charge is 0.375 e. The zero-order chi connectivity index (χ0) is 14.2. The molecule has 1 aromatic rings. The van der Waals surface area contributed by atoms with Crippen LogP contribution in [0.15, 0.2) is 16.3 Å². The van der Waals surface area contributed by atoms with Crippen LogP contribution in [-0.2, 0) is 0 Å². The maximum Gasteiger partial charge on any atom is 0.375 e. The largest absolute Gasteiger partial charge is 0.475 e. The van der Waals surface area contributed by atoms with Crippen LogP contribution in [0, 0.1) is 0 Å². The van der Waals surface area contributed by atoms with Crippen molar-refractivity contribution in [1.29, 1.82) is 0 Å². The summed E-state index contributed by atoms with van der Waals surface area (Å²) in [5.41, 5.74) is 1.22. The fourth-order valence-corrected chi connectivity index (χ4v) is 2.38. The van der Waals surface area contributed by atoms with Gasteiger partial charge in [0.1, 0.15) is 0 Å². The second-order valence-electron chi connectivity index (χ2n) is 4.84. The van der Waals surface area contributed by atoms with E-state index in [1.165, 1.54) is 0 Å². The van der Waals surface area contributed by atoms with E-state index >= 15 is 0 Å². The summed E-state index contributed by atoms with van der Waals surface area (Å²) in [5, 5.41) is 12.7. The lowest BCUT2D eigenvalue weighted by Crippen LogP contribution is -2.21. The molecule has 0 saturated carbocycles. The summed E-state index contributed by atoms with van der Waals surface area (Å²) < 4.78 is 4.82. The molecule has 0 radical (unpaired) electrons. The Morgan fingerprint density at radius 2 is 2.26 bits per heavy atom. The molecule has 102 valence electrons. The summed E-state index contributed by atoms with van der Waals surface area (Å²) in [6, 6.07) is 0. The lowest BCUT2D eigenvalue weighted by molar-refractivity contribution is 0.0649. The molecule has 2 rings (SSSR count). The Morgan fingerprint density at radius 1 is 1.58 bits per heavy atom. The van der Waals surface area contributed by atoms with E-state index in [9.17, 15) is 9.59 Å². The highest BCUT2D eigenvalue weighted by Crippen LogP contribution is 2.38. The molecular weight excluding hydrogens is 248 g/mol. The summed E-state index contributed by atoms with van der Waals surface area (Å²) >= 11 is 0. The van der Waals surface area contributed by atoms with Gasteiger partial charge in [-0.15, -0.1) is 0 Å². The molecule has 6 nitrogen and oxygen atoms in total. The fourth-order valence-electron chi connectivity index (χ4n) is 2.38. The molecule has 1 aliphatic carbocycles. The van der Waals surface area contributed by atoms with E-state index in [2.05, 4.69) is 5.16 Å². The van der Waals surface area contributed by atoms with Crippen molar-refractivity contribution in [2.45, 2.75) is 25.7 Å². The molecule has 1 aromatic heterocycles. The average Bonchev–Trinajstić information content (AvgIpc) is 2.77. The number of aromatic carboxylic acids is 1. The van der Waals surface area contributed by atoms with Crippen molar-refractivity contribution in [3.05, 3.63) is 28.8 Å². The van der Waals surface area contributed by atoms with Crippen LogP contribution in [0.2, 0.25) is 0 Å². The van der Waals surface area contributed by atoms with Crippen LogP contribution >= 0.6 is 0 Å². The van der Waals surface area contributed by atoms with Crippen molar-refractivity contribution >= 4 is 11.8 Å². The third-order valence-electron chi connectivity index (χ3n) is 3.21. The van der Waals surface area contributed by atoms with Crippen LogP contribution in [-0.4, -0.2) is 41.0 Å². The predicted octanol–water partition coefficient (Wildman–Crippen LogP) is 1.90. The van der Waals surface area contributed by atoms with Gasteiger partial charge in [0, 0.05) is 31.4 Å². The topological polar surface area (TPSA) is 83.6 Å². The number of rotatable bonds is 3. The molecule has 1 N–H and O–H groups in total. The lowest BCUT2D eigenvalue weighted by atomic mass is 9.80. The van der Waals surface area contributed by atoms with Crippen LogP contribution in [0.5, 0.6) is 0 Å². The van der Waals surface area contributed by atoms with Crippen molar-refractivity contribution in [3.63, 3.8) is 0 Å². The number of hydrogen-bond acceptors (Lipinski definition) is 5. The quantitative estimate of drug-likeness (QED) is 0.839. The van der Waals surface area contributed by atoms with Crippen molar-refractivity contribution in [2.75, 3.05) is 14.1 Å². The third kappa shape index (κ3) is 2.25. The standard InChI is InChI=1S/C13H16N2O4/c1-4-7-5-8(6-15(2)3)11(16)10-9(7)12(13(17)18)19-14-10/h6-7H,4-5H2,1-3H3,(H,17,18). The highest BCUT2D eigenvalue weighted by Gasteiger charge is 2.37. The maximum atomic E-state index is 12.2.